The summed E-state index contributed by atoms with van der Waals surface area (Å²) in [6.07, 6.45) is 5.30. The van der Waals surface area contributed by atoms with Gasteiger partial charge in [-0.3, -0.25) is 14.6 Å². The number of aryl methyl sites for hydroxylation is 2. The van der Waals surface area contributed by atoms with E-state index < -0.39 is 0 Å². The molecule has 4 rings (SSSR count). The van der Waals surface area contributed by atoms with E-state index in [1.807, 2.05) is 18.3 Å². The Morgan fingerprint density at radius 2 is 1.77 bits per heavy atom. The number of aromatic nitrogens is 3. The third-order valence-corrected chi connectivity index (χ3v) is 6.50. The van der Waals surface area contributed by atoms with Crippen LogP contribution >= 0.6 is 0 Å². The Labute approximate surface area is 186 Å². The fourth-order valence-corrected chi connectivity index (χ4v) is 4.65. The van der Waals surface area contributed by atoms with Gasteiger partial charge in [-0.15, -0.1) is 0 Å². The maximum absolute atomic E-state index is 5.28. The van der Waals surface area contributed by atoms with Gasteiger partial charge in [0.25, 0.3) is 0 Å². The normalized spacial score (nSPS) is 15.4. The second kappa shape index (κ2) is 9.65. The number of methoxy groups -OCH3 is 1. The quantitative estimate of drug-likeness (QED) is 0.548. The summed E-state index contributed by atoms with van der Waals surface area (Å²) in [4.78, 5) is 7.48. The van der Waals surface area contributed by atoms with E-state index in [2.05, 4.69) is 59.7 Å². The van der Waals surface area contributed by atoms with Crippen molar-refractivity contribution >= 4 is 0 Å². The van der Waals surface area contributed by atoms with Gasteiger partial charge in [0.2, 0.25) is 0 Å². The molecule has 5 nitrogen and oxygen atoms in total. The van der Waals surface area contributed by atoms with Crippen LogP contribution in [0, 0.1) is 13.8 Å². The number of nitrogens with zero attached hydrogens (tertiary/aromatic N) is 4. The average molecular weight is 419 g/mol. The molecule has 0 radical (unpaired) electrons. The zero-order valence-corrected chi connectivity index (χ0v) is 19.3. The summed E-state index contributed by atoms with van der Waals surface area (Å²) in [6.45, 7) is 10.6. The lowest BCUT2D eigenvalue weighted by atomic mass is 9.91. The molecule has 0 amide bonds. The zero-order valence-electron chi connectivity index (χ0n) is 19.3. The number of piperidine rings is 1. The third-order valence-electron chi connectivity index (χ3n) is 6.50. The first kappa shape index (κ1) is 21.6. The van der Waals surface area contributed by atoms with Crippen LogP contribution in [0.3, 0.4) is 0 Å². The molecule has 3 aromatic rings. The first-order chi connectivity index (χ1) is 15.1. The van der Waals surface area contributed by atoms with E-state index in [1.54, 1.807) is 7.11 Å². The number of likely N-dealkylation sites (tertiary alicyclic amines) is 1. The van der Waals surface area contributed by atoms with Crippen molar-refractivity contribution in [2.24, 2.45) is 0 Å². The van der Waals surface area contributed by atoms with Gasteiger partial charge in [-0.2, -0.15) is 5.10 Å². The van der Waals surface area contributed by atoms with Gasteiger partial charge in [0.1, 0.15) is 5.75 Å². The molecular weight excluding hydrogens is 384 g/mol. The molecular formula is C26H34N4O. The molecule has 1 saturated heterocycles. The highest BCUT2D eigenvalue weighted by atomic mass is 16.5. The fraction of sp³-hybridized carbons (Fsp3) is 0.462. The van der Waals surface area contributed by atoms with E-state index >= 15 is 0 Å². The molecule has 5 heteroatoms. The van der Waals surface area contributed by atoms with Crippen LogP contribution in [0.4, 0.5) is 0 Å². The van der Waals surface area contributed by atoms with Gasteiger partial charge in [0.15, 0.2) is 0 Å². The molecule has 1 aliphatic heterocycles. The minimum Gasteiger partial charge on any atom is -0.497 e. The van der Waals surface area contributed by atoms with Crippen LogP contribution in [-0.4, -0.2) is 39.9 Å². The highest BCUT2D eigenvalue weighted by Crippen LogP contribution is 2.29. The minimum absolute atomic E-state index is 0.547. The lowest BCUT2D eigenvalue weighted by Gasteiger charge is -2.32. The lowest BCUT2D eigenvalue weighted by Crippen LogP contribution is -2.33. The van der Waals surface area contributed by atoms with Gasteiger partial charge in [0.05, 0.1) is 13.3 Å². The third kappa shape index (κ3) is 5.16. The van der Waals surface area contributed by atoms with Crippen molar-refractivity contribution in [2.45, 2.75) is 59.0 Å². The molecule has 0 bridgehead atoms. The average Bonchev–Trinajstić information content (AvgIpc) is 3.13. The fourth-order valence-electron chi connectivity index (χ4n) is 4.65. The van der Waals surface area contributed by atoms with Crippen LogP contribution in [0.15, 0.2) is 42.6 Å². The Hall–Kier alpha value is -2.66. The van der Waals surface area contributed by atoms with Crippen LogP contribution in [0.5, 0.6) is 5.75 Å². The van der Waals surface area contributed by atoms with Crippen molar-refractivity contribution in [2.75, 3.05) is 20.2 Å². The first-order valence-corrected chi connectivity index (χ1v) is 11.4. The van der Waals surface area contributed by atoms with E-state index in [1.165, 1.54) is 40.9 Å². The summed E-state index contributed by atoms with van der Waals surface area (Å²) in [5.74, 6) is 1.45. The van der Waals surface area contributed by atoms with Gasteiger partial charge in [-0.25, -0.2) is 0 Å². The van der Waals surface area contributed by atoms with Crippen LogP contribution in [0.1, 0.15) is 59.5 Å². The number of rotatable bonds is 7. The molecule has 1 aromatic carbocycles. The molecule has 0 spiro atoms. The zero-order chi connectivity index (χ0) is 21.8. The second-order valence-corrected chi connectivity index (χ2v) is 8.69. The summed E-state index contributed by atoms with van der Waals surface area (Å²) in [5, 5.41) is 4.50. The number of hydrogen-bond donors (Lipinski definition) is 0. The SMILES string of the molecule is CCn1ncc(CN2CCC(c3cc(Cc4ccc(OC)cc4)cc(C)n3)CC2)c1C. The molecule has 1 fully saturated rings. The summed E-state index contributed by atoms with van der Waals surface area (Å²) < 4.78 is 7.36. The Kier molecular flexibility index (Phi) is 6.71. The maximum Gasteiger partial charge on any atom is 0.118 e. The number of pyridine rings is 1. The molecule has 2 aromatic heterocycles. The summed E-state index contributed by atoms with van der Waals surface area (Å²) >= 11 is 0. The molecule has 0 aliphatic carbocycles. The van der Waals surface area contributed by atoms with Crippen LogP contribution in [0.25, 0.3) is 0 Å². The molecule has 1 aliphatic rings. The van der Waals surface area contributed by atoms with E-state index in [9.17, 15) is 0 Å². The van der Waals surface area contributed by atoms with E-state index in [0.717, 1.165) is 44.0 Å². The monoisotopic (exact) mass is 418 g/mol. The predicted molar refractivity (Wildman–Crippen MR) is 125 cm³/mol. The Balaban J connectivity index is 1.39. The van der Waals surface area contributed by atoms with Crippen molar-refractivity contribution in [3.8, 4) is 5.75 Å². The summed E-state index contributed by atoms with van der Waals surface area (Å²) in [6, 6.07) is 12.9. The van der Waals surface area contributed by atoms with E-state index in [0.29, 0.717) is 5.92 Å². The first-order valence-electron chi connectivity index (χ1n) is 11.4. The van der Waals surface area contributed by atoms with Crippen molar-refractivity contribution in [3.63, 3.8) is 0 Å². The van der Waals surface area contributed by atoms with E-state index in [-0.39, 0.29) is 0 Å². The Morgan fingerprint density at radius 1 is 1.03 bits per heavy atom. The van der Waals surface area contributed by atoms with Gasteiger partial charge < -0.3 is 4.74 Å². The predicted octanol–water partition coefficient (Wildman–Crippen LogP) is 4.89. The molecule has 31 heavy (non-hydrogen) atoms. The van der Waals surface area contributed by atoms with Gasteiger partial charge in [-0.1, -0.05) is 12.1 Å². The lowest BCUT2D eigenvalue weighted by molar-refractivity contribution is 0.203. The number of ether oxygens (including phenoxy) is 1. The van der Waals surface area contributed by atoms with Crippen LogP contribution in [0.2, 0.25) is 0 Å². The van der Waals surface area contributed by atoms with Crippen molar-refractivity contribution in [3.05, 3.63) is 76.4 Å². The maximum atomic E-state index is 5.28. The minimum atomic E-state index is 0.547. The largest absolute Gasteiger partial charge is 0.497 e. The molecule has 0 N–H and O–H groups in total. The van der Waals surface area contributed by atoms with E-state index in [4.69, 9.17) is 9.72 Å². The van der Waals surface area contributed by atoms with Gasteiger partial charge in [-0.05, 0) is 88.5 Å². The number of benzene rings is 1. The summed E-state index contributed by atoms with van der Waals surface area (Å²) in [7, 11) is 1.71. The Morgan fingerprint density at radius 3 is 2.42 bits per heavy atom. The second-order valence-electron chi connectivity index (χ2n) is 8.69. The van der Waals surface area contributed by atoms with Crippen LogP contribution in [-0.2, 0) is 19.5 Å². The van der Waals surface area contributed by atoms with Crippen molar-refractivity contribution in [1.29, 1.82) is 0 Å². The van der Waals surface area contributed by atoms with Crippen molar-refractivity contribution in [1.82, 2.24) is 19.7 Å². The molecule has 164 valence electrons. The molecule has 0 atom stereocenters. The molecule has 0 unspecified atom stereocenters. The molecule has 0 saturated carbocycles. The highest BCUT2D eigenvalue weighted by molar-refractivity contribution is 5.33. The Bertz CT molecular complexity index is 1000. The molecule has 3 heterocycles. The smallest absolute Gasteiger partial charge is 0.118 e. The summed E-state index contributed by atoms with van der Waals surface area (Å²) in [5.41, 5.74) is 7.68. The topological polar surface area (TPSA) is 43.2 Å². The number of hydrogen-bond acceptors (Lipinski definition) is 4. The highest BCUT2D eigenvalue weighted by Gasteiger charge is 2.23. The van der Waals surface area contributed by atoms with Gasteiger partial charge >= 0.3 is 0 Å². The van der Waals surface area contributed by atoms with Gasteiger partial charge in [0, 0.05) is 41.7 Å². The van der Waals surface area contributed by atoms with Crippen molar-refractivity contribution < 1.29 is 4.74 Å². The standard InChI is InChI=1S/C26H34N4O/c1-5-30-20(3)24(17-27-30)18-29-12-10-23(11-13-29)26-16-22(14-19(2)28-26)15-21-6-8-25(31-4)9-7-21/h6-9,14,16-17,23H,5,10-13,15,18H2,1-4H3. The van der Waals surface area contributed by atoms with Crippen LogP contribution < -0.4 is 4.74 Å².